The van der Waals surface area contributed by atoms with E-state index >= 15 is 0 Å². The van der Waals surface area contributed by atoms with Gasteiger partial charge in [-0.1, -0.05) is 6.92 Å². The van der Waals surface area contributed by atoms with Gasteiger partial charge in [-0.25, -0.2) is 0 Å². The molecule has 40 heavy (non-hydrogen) atoms. The summed E-state index contributed by atoms with van der Waals surface area (Å²) in [5.74, 6) is 0.0847. The van der Waals surface area contributed by atoms with Gasteiger partial charge in [-0.15, -0.1) is 0 Å². The second-order valence-electron chi connectivity index (χ2n) is 9.58. The van der Waals surface area contributed by atoms with E-state index in [4.69, 9.17) is 0 Å². The number of Topliss-reactive ketones (excluding diaryl/α,β-unsaturated/α-hetero) is 1. The van der Waals surface area contributed by atoms with Gasteiger partial charge in [0.25, 0.3) is 0 Å². The van der Waals surface area contributed by atoms with Gasteiger partial charge >= 0.3 is 0 Å². The molecule has 0 atom stereocenters. The third kappa shape index (κ3) is 3.71. The summed E-state index contributed by atoms with van der Waals surface area (Å²) in [5, 5.41) is 0. The molecular weight excluding hydrogens is 496 g/mol. The Kier molecular flexibility index (Phi) is 5.74. The largest absolute Gasteiger partial charge is 0.320 e. The molecule has 7 heteroatoms. The zero-order valence-corrected chi connectivity index (χ0v) is 22.1. The highest BCUT2D eigenvalue weighted by Gasteiger charge is 2.30. The van der Waals surface area contributed by atoms with E-state index < -0.39 is 0 Å². The maximum atomic E-state index is 13.3. The van der Waals surface area contributed by atoms with Crippen molar-refractivity contribution in [3.63, 3.8) is 0 Å². The molecule has 0 amide bonds. The molecule has 6 heterocycles. The van der Waals surface area contributed by atoms with Gasteiger partial charge in [-0.2, -0.15) is 0 Å². The lowest BCUT2D eigenvalue weighted by atomic mass is 10.1. The number of nitrogens with zero attached hydrogens (tertiary/aromatic N) is 6. The van der Waals surface area contributed by atoms with Crippen molar-refractivity contribution >= 4 is 5.78 Å². The maximum absolute atomic E-state index is 13.3. The Morgan fingerprint density at radius 3 is 1.05 bits per heavy atom. The number of rotatable bonds is 8. The summed E-state index contributed by atoms with van der Waals surface area (Å²) < 4.78 is 12.8. The Morgan fingerprint density at radius 2 is 0.750 bits per heavy atom. The molecule has 1 aromatic carbocycles. The fraction of sp³-hybridized carbons (Fsp3) is 0.0606. The molecule has 196 valence electrons. The highest BCUT2D eigenvalue weighted by atomic mass is 16.1. The van der Waals surface area contributed by atoms with Gasteiger partial charge < -0.3 is 27.4 Å². The maximum Gasteiger partial charge on any atom is 0.179 e. The zero-order chi connectivity index (χ0) is 27.1. The van der Waals surface area contributed by atoms with Crippen molar-refractivity contribution in [2.24, 2.45) is 0 Å². The van der Waals surface area contributed by atoms with E-state index in [-0.39, 0.29) is 5.78 Å². The Bertz CT molecular complexity index is 1770. The monoisotopic (exact) mass is 524 g/mol. The number of hydrogen-bond donors (Lipinski definition) is 0. The molecule has 7 rings (SSSR count). The summed E-state index contributed by atoms with van der Waals surface area (Å²) in [4.78, 5) is 13.3. The minimum Gasteiger partial charge on any atom is -0.320 e. The lowest BCUT2D eigenvalue weighted by Crippen LogP contribution is -2.19. The molecule has 0 bridgehead atoms. The van der Waals surface area contributed by atoms with E-state index in [0.717, 1.165) is 34.1 Å². The molecule has 0 fully saturated rings. The van der Waals surface area contributed by atoms with Crippen LogP contribution in [0.1, 0.15) is 23.8 Å². The summed E-state index contributed by atoms with van der Waals surface area (Å²) in [6.07, 6.45) is 23.1. The van der Waals surface area contributed by atoms with Crippen LogP contribution in [-0.2, 0) is 0 Å². The van der Waals surface area contributed by atoms with Crippen LogP contribution >= 0.6 is 0 Å². The van der Waals surface area contributed by atoms with Crippen molar-refractivity contribution in [1.29, 1.82) is 0 Å². The van der Waals surface area contributed by atoms with Crippen LogP contribution in [0.2, 0.25) is 0 Å². The van der Waals surface area contributed by atoms with Crippen LogP contribution in [0.5, 0.6) is 0 Å². The number of benzene rings is 1. The van der Waals surface area contributed by atoms with Crippen LogP contribution in [0.25, 0.3) is 34.1 Å². The number of ketones is 1. The smallest absolute Gasteiger partial charge is 0.179 e. The molecule has 0 radical (unpaired) electrons. The normalized spacial score (nSPS) is 11.3. The first-order valence-corrected chi connectivity index (χ1v) is 13.4. The Balaban J connectivity index is 1.79. The van der Waals surface area contributed by atoms with Crippen molar-refractivity contribution in [2.75, 3.05) is 0 Å². The summed E-state index contributed by atoms with van der Waals surface area (Å²) in [6.45, 7) is 1.91. The standard InChI is InChI=1S/C33H28N6O/c1-2-27(40)26-14-13-25-39(26)33-31(37-21-9-10-22-37)29(35-17-5-6-18-35)28(34-15-3-4-16-34)30(36-19-7-8-20-36)32(33)38-23-11-12-24-38/h3-25H,2H2,1H3. The topological polar surface area (TPSA) is 46.6 Å². The van der Waals surface area contributed by atoms with Crippen LogP contribution in [0.4, 0.5) is 0 Å². The van der Waals surface area contributed by atoms with E-state index in [1.54, 1.807) is 0 Å². The number of carbonyl (C=O) groups excluding carboxylic acids is 1. The highest BCUT2D eigenvalue weighted by Crippen LogP contribution is 2.43. The Labute approximate surface area is 232 Å². The van der Waals surface area contributed by atoms with Crippen LogP contribution in [0.3, 0.4) is 0 Å². The lowest BCUT2D eigenvalue weighted by Gasteiger charge is -2.29. The molecule has 0 unspecified atom stereocenters. The van der Waals surface area contributed by atoms with Crippen molar-refractivity contribution < 1.29 is 4.79 Å². The molecule has 0 spiro atoms. The van der Waals surface area contributed by atoms with Gasteiger partial charge in [0.15, 0.2) is 5.78 Å². The molecule has 0 aliphatic carbocycles. The molecule has 0 saturated heterocycles. The second-order valence-corrected chi connectivity index (χ2v) is 9.58. The van der Waals surface area contributed by atoms with E-state index in [1.165, 1.54) is 0 Å². The predicted molar refractivity (Wildman–Crippen MR) is 157 cm³/mol. The first kappa shape index (κ1) is 23.7. The third-order valence-corrected chi connectivity index (χ3v) is 7.26. The fourth-order valence-electron chi connectivity index (χ4n) is 5.53. The SMILES string of the molecule is CCC(=O)c1cccn1-c1c(-n2cccc2)c(-n2cccc2)c(-n2cccc2)c(-n2cccc2)c1-n1cccc1. The molecular formula is C33H28N6O. The van der Waals surface area contributed by atoms with Crippen molar-refractivity contribution in [3.05, 3.63) is 147 Å². The van der Waals surface area contributed by atoms with Crippen molar-refractivity contribution in [3.8, 4) is 34.1 Å². The summed E-state index contributed by atoms with van der Waals surface area (Å²) in [7, 11) is 0. The van der Waals surface area contributed by atoms with Gasteiger partial charge in [0, 0.05) is 74.6 Å². The number of aromatic nitrogens is 6. The third-order valence-electron chi connectivity index (χ3n) is 7.26. The van der Waals surface area contributed by atoms with Crippen LogP contribution in [0, 0.1) is 0 Å². The van der Waals surface area contributed by atoms with Crippen LogP contribution in [0.15, 0.2) is 141 Å². The van der Waals surface area contributed by atoms with Crippen molar-refractivity contribution in [2.45, 2.75) is 13.3 Å². The molecule has 0 aliphatic rings. The van der Waals surface area contributed by atoms with Gasteiger partial charge in [0.1, 0.15) is 0 Å². The molecule has 7 aromatic rings. The minimum absolute atomic E-state index is 0.0847. The molecule has 6 aromatic heterocycles. The van der Waals surface area contributed by atoms with Gasteiger partial charge in [0.2, 0.25) is 0 Å². The minimum atomic E-state index is 0.0847. The average molecular weight is 525 g/mol. The first-order chi connectivity index (χ1) is 19.8. The first-order valence-electron chi connectivity index (χ1n) is 13.4. The summed E-state index contributed by atoms with van der Waals surface area (Å²) in [6, 6.07) is 24.2. The van der Waals surface area contributed by atoms with E-state index in [2.05, 4.69) is 89.4 Å². The number of hydrogen-bond acceptors (Lipinski definition) is 1. The van der Waals surface area contributed by atoms with Crippen LogP contribution in [-0.4, -0.2) is 33.2 Å². The molecule has 0 aliphatic heterocycles. The van der Waals surface area contributed by atoms with Gasteiger partial charge in [-0.05, 0) is 72.8 Å². The van der Waals surface area contributed by atoms with Gasteiger partial charge in [0.05, 0.1) is 39.8 Å². The zero-order valence-electron chi connectivity index (χ0n) is 22.1. The summed E-state index contributed by atoms with van der Waals surface area (Å²) in [5.41, 5.74) is 6.42. The van der Waals surface area contributed by atoms with E-state index in [1.807, 2.05) is 85.9 Å². The number of carbonyl (C=O) groups is 1. The van der Waals surface area contributed by atoms with Gasteiger partial charge in [-0.3, -0.25) is 4.79 Å². The molecule has 0 N–H and O–H groups in total. The van der Waals surface area contributed by atoms with Crippen LogP contribution < -0.4 is 0 Å². The average Bonchev–Trinajstić information content (AvgIpc) is 3.82. The highest BCUT2D eigenvalue weighted by molar-refractivity contribution is 5.97. The fourth-order valence-corrected chi connectivity index (χ4v) is 5.53. The van der Waals surface area contributed by atoms with E-state index in [9.17, 15) is 4.79 Å². The summed E-state index contributed by atoms with van der Waals surface area (Å²) >= 11 is 0. The molecule has 0 saturated carbocycles. The second kappa shape index (κ2) is 9.71. The quantitative estimate of drug-likeness (QED) is 0.197. The van der Waals surface area contributed by atoms with Crippen molar-refractivity contribution in [1.82, 2.24) is 27.4 Å². The predicted octanol–water partition coefficient (Wildman–Crippen LogP) is 7.02. The Hall–Kier alpha value is -5.43. The lowest BCUT2D eigenvalue weighted by molar-refractivity contribution is 0.0981. The Morgan fingerprint density at radius 1 is 0.450 bits per heavy atom. The van der Waals surface area contributed by atoms with E-state index in [0.29, 0.717) is 12.1 Å². The molecule has 7 nitrogen and oxygen atoms in total.